The summed E-state index contributed by atoms with van der Waals surface area (Å²) in [6.07, 6.45) is 3.04. The molecule has 3 nitrogen and oxygen atoms in total. The lowest BCUT2D eigenvalue weighted by molar-refractivity contribution is 0.249. The van der Waals surface area contributed by atoms with E-state index in [1.807, 2.05) is 0 Å². The molecule has 2 unspecified atom stereocenters. The third kappa shape index (κ3) is 2.77. The molecular formula is C8H17NO2. The number of hydrogen-bond acceptors (Lipinski definition) is 3. The molecule has 3 N–H and O–H groups in total. The van der Waals surface area contributed by atoms with Crippen LogP contribution in [-0.4, -0.2) is 36.0 Å². The first-order valence-corrected chi connectivity index (χ1v) is 4.32. The Hall–Kier alpha value is -0.120. The highest BCUT2D eigenvalue weighted by atomic mass is 16.3. The van der Waals surface area contributed by atoms with Gasteiger partial charge in [0, 0.05) is 12.6 Å². The number of rotatable bonds is 4. The molecule has 0 aromatic rings. The van der Waals surface area contributed by atoms with Crippen molar-refractivity contribution in [2.45, 2.75) is 25.3 Å². The maximum Gasteiger partial charge on any atom is 0.0584 e. The van der Waals surface area contributed by atoms with Crippen LogP contribution in [0, 0.1) is 5.92 Å². The first-order chi connectivity index (χ1) is 5.36. The largest absolute Gasteiger partial charge is 0.396 e. The molecule has 1 aliphatic heterocycles. The van der Waals surface area contributed by atoms with E-state index in [9.17, 15) is 0 Å². The van der Waals surface area contributed by atoms with E-state index in [-0.39, 0.29) is 6.61 Å². The Morgan fingerprint density at radius 1 is 1.36 bits per heavy atom. The lowest BCUT2D eigenvalue weighted by atomic mass is 10.0. The van der Waals surface area contributed by atoms with Crippen LogP contribution in [0.3, 0.4) is 0 Å². The molecule has 0 aromatic heterocycles. The van der Waals surface area contributed by atoms with Crippen LogP contribution in [-0.2, 0) is 0 Å². The second-order valence-corrected chi connectivity index (χ2v) is 3.26. The summed E-state index contributed by atoms with van der Waals surface area (Å²) in [4.78, 5) is 0. The van der Waals surface area contributed by atoms with Crippen molar-refractivity contribution in [2.24, 2.45) is 5.92 Å². The van der Waals surface area contributed by atoms with Crippen LogP contribution in [0.1, 0.15) is 19.3 Å². The molecule has 2 atom stereocenters. The summed E-state index contributed by atoms with van der Waals surface area (Å²) < 4.78 is 0. The van der Waals surface area contributed by atoms with Gasteiger partial charge in [0.15, 0.2) is 0 Å². The summed E-state index contributed by atoms with van der Waals surface area (Å²) in [5, 5.41) is 20.6. The van der Waals surface area contributed by atoms with Gasteiger partial charge < -0.3 is 15.5 Å². The second-order valence-electron chi connectivity index (χ2n) is 3.26. The molecule has 0 amide bonds. The van der Waals surface area contributed by atoms with Crippen molar-refractivity contribution in [2.75, 3.05) is 19.8 Å². The Labute approximate surface area is 67.4 Å². The number of aliphatic hydroxyl groups is 2. The van der Waals surface area contributed by atoms with Gasteiger partial charge >= 0.3 is 0 Å². The van der Waals surface area contributed by atoms with Gasteiger partial charge in [-0.2, -0.15) is 0 Å². The Bertz CT molecular complexity index is 108. The smallest absolute Gasteiger partial charge is 0.0584 e. The van der Waals surface area contributed by atoms with Gasteiger partial charge in [-0.1, -0.05) is 0 Å². The van der Waals surface area contributed by atoms with Crippen LogP contribution in [0.5, 0.6) is 0 Å². The minimum absolute atomic E-state index is 0.246. The van der Waals surface area contributed by atoms with Gasteiger partial charge in [-0.3, -0.25) is 0 Å². The minimum atomic E-state index is 0.246. The fraction of sp³-hybridized carbons (Fsp3) is 1.00. The SMILES string of the molecule is OCCCC1CNC(CO)C1. The molecule has 1 fully saturated rings. The standard InChI is InChI=1S/C8H17NO2/c10-3-1-2-7-4-8(6-11)9-5-7/h7-11H,1-6H2. The van der Waals surface area contributed by atoms with Crippen molar-refractivity contribution in [3.63, 3.8) is 0 Å². The zero-order valence-electron chi connectivity index (χ0n) is 6.79. The van der Waals surface area contributed by atoms with Crippen LogP contribution in [0.25, 0.3) is 0 Å². The molecule has 1 heterocycles. The van der Waals surface area contributed by atoms with Gasteiger partial charge in [0.25, 0.3) is 0 Å². The maximum atomic E-state index is 8.80. The molecule has 0 aliphatic carbocycles. The highest BCUT2D eigenvalue weighted by Gasteiger charge is 2.22. The minimum Gasteiger partial charge on any atom is -0.396 e. The molecule has 0 saturated carbocycles. The lowest BCUT2D eigenvalue weighted by Crippen LogP contribution is -2.24. The Morgan fingerprint density at radius 3 is 2.73 bits per heavy atom. The summed E-state index contributed by atoms with van der Waals surface area (Å²) in [6.45, 7) is 1.54. The molecule has 11 heavy (non-hydrogen) atoms. The maximum absolute atomic E-state index is 8.80. The first-order valence-electron chi connectivity index (χ1n) is 4.32. The number of nitrogens with one attached hydrogen (secondary N) is 1. The topological polar surface area (TPSA) is 52.5 Å². The number of aliphatic hydroxyl groups excluding tert-OH is 2. The average Bonchev–Trinajstić information content (AvgIpc) is 2.48. The number of hydrogen-bond donors (Lipinski definition) is 3. The normalized spacial score (nSPS) is 31.1. The van der Waals surface area contributed by atoms with Crippen LogP contribution in [0.15, 0.2) is 0 Å². The Morgan fingerprint density at radius 2 is 2.18 bits per heavy atom. The molecule has 1 aliphatic rings. The Kier molecular flexibility index (Phi) is 3.83. The van der Waals surface area contributed by atoms with Crippen molar-refractivity contribution in [1.29, 1.82) is 0 Å². The molecule has 1 rings (SSSR count). The van der Waals surface area contributed by atoms with Crippen LogP contribution < -0.4 is 5.32 Å². The molecule has 3 heteroatoms. The van der Waals surface area contributed by atoms with E-state index < -0.39 is 0 Å². The highest BCUT2D eigenvalue weighted by Crippen LogP contribution is 2.18. The second kappa shape index (κ2) is 4.70. The van der Waals surface area contributed by atoms with Gasteiger partial charge in [0.1, 0.15) is 0 Å². The van der Waals surface area contributed by atoms with Crippen molar-refractivity contribution in [3.05, 3.63) is 0 Å². The molecule has 0 spiro atoms. The summed E-state index contributed by atoms with van der Waals surface area (Å²) in [6, 6.07) is 0.304. The summed E-state index contributed by atoms with van der Waals surface area (Å²) in [7, 11) is 0. The summed E-state index contributed by atoms with van der Waals surface area (Å²) >= 11 is 0. The molecular weight excluding hydrogens is 142 g/mol. The van der Waals surface area contributed by atoms with Crippen molar-refractivity contribution in [3.8, 4) is 0 Å². The monoisotopic (exact) mass is 159 g/mol. The van der Waals surface area contributed by atoms with Gasteiger partial charge in [-0.05, 0) is 31.7 Å². The third-order valence-corrected chi connectivity index (χ3v) is 2.30. The van der Waals surface area contributed by atoms with E-state index in [0.717, 1.165) is 25.8 Å². The van der Waals surface area contributed by atoms with Crippen LogP contribution in [0.4, 0.5) is 0 Å². The zero-order valence-corrected chi connectivity index (χ0v) is 6.79. The van der Waals surface area contributed by atoms with Gasteiger partial charge in [-0.25, -0.2) is 0 Å². The zero-order chi connectivity index (χ0) is 8.10. The van der Waals surface area contributed by atoms with Gasteiger partial charge in [0.05, 0.1) is 6.61 Å². The molecule has 0 radical (unpaired) electrons. The van der Waals surface area contributed by atoms with Crippen LogP contribution >= 0.6 is 0 Å². The van der Waals surface area contributed by atoms with Crippen molar-refractivity contribution in [1.82, 2.24) is 5.32 Å². The molecule has 0 bridgehead atoms. The fourth-order valence-corrected chi connectivity index (χ4v) is 1.64. The van der Waals surface area contributed by atoms with E-state index in [0.29, 0.717) is 18.6 Å². The Balaban J connectivity index is 2.09. The van der Waals surface area contributed by atoms with Crippen molar-refractivity contribution < 1.29 is 10.2 Å². The lowest BCUT2D eigenvalue weighted by Gasteiger charge is -2.06. The predicted octanol–water partition coefficient (Wildman–Crippen LogP) is -0.271. The van der Waals surface area contributed by atoms with Crippen molar-refractivity contribution >= 4 is 0 Å². The summed E-state index contributed by atoms with van der Waals surface area (Å²) in [5.74, 6) is 0.666. The predicted molar refractivity (Wildman–Crippen MR) is 43.3 cm³/mol. The highest BCUT2D eigenvalue weighted by molar-refractivity contribution is 4.80. The third-order valence-electron chi connectivity index (χ3n) is 2.30. The van der Waals surface area contributed by atoms with Gasteiger partial charge in [-0.15, -0.1) is 0 Å². The quantitative estimate of drug-likeness (QED) is 0.529. The summed E-state index contributed by atoms with van der Waals surface area (Å²) in [5.41, 5.74) is 0. The first kappa shape index (κ1) is 8.97. The molecule has 0 aromatic carbocycles. The molecule has 1 saturated heterocycles. The van der Waals surface area contributed by atoms with Crippen LogP contribution in [0.2, 0.25) is 0 Å². The fourth-order valence-electron chi connectivity index (χ4n) is 1.64. The van der Waals surface area contributed by atoms with Gasteiger partial charge in [0.2, 0.25) is 0 Å². The van der Waals surface area contributed by atoms with E-state index in [1.165, 1.54) is 0 Å². The van der Waals surface area contributed by atoms with E-state index in [2.05, 4.69) is 5.32 Å². The molecule has 66 valence electrons. The van der Waals surface area contributed by atoms with E-state index in [4.69, 9.17) is 10.2 Å². The van der Waals surface area contributed by atoms with E-state index in [1.54, 1.807) is 0 Å². The average molecular weight is 159 g/mol. The van der Waals surface area contributed by atoms with E-state index >= 15 is 0 Å².